The van der Waals surface area contributed by atoms with Gasteiger partial charge in [-0.05, 0) is 34.7 Å². The standard InChI is InChI=1S/C18H18ClSi/c1-12-17(19)16-14(13-8-5-4-6-9-13)10-7-11-15(16)18(12)20(2)3/h4-11,18H,1-3H3. The Bertz CT molecular complexity index is 671. The zero-order valence-electron chi connectivity index (χ0n) is 12.1. The molecule has 2 heteroatoms. The Kier molecular flexibility index (Phi) is 3.57. The summed E-state index contributed by atoms with van der Waals surface area (Å²) in [5.74, 6) is 0. The van der Waals surface area contributed by atoms with Gasteiger partial charge < -0.3 is 0 Å². The Balaban J connectivity index is 2.24. The van der Waals surface area contributed by atoms with Gasteiger partial charge in [-0.25, -0.2) is 0 Å². The Labute approximate surface area is 127 Å². The van der Waals surface area contributed by atoms with Crippen LogP contribution in [-0.4, -0.2) is 8.80 Å². The van der Waals surface area contributed by atoms with Crippen molar-refractivity contribution in [1.82, 2.24) is 0 Å². The molecule has 0 heterocycles. The zero-order valence-corrected chi connectivity index (χ0v) is 13.8. The normalized spacial score (nSPS) is 17.8. The molecule has 0 bridgehead atoms. The Morgan fingerprint density at radius 1 is 0.950 bits per heavy atom. The van der Waals surface area contributed by atoms with E-state index < -0.39 is 8.80 Å². The largest absolute Gasteiger partial charge is 0.0837 e. The molecule has 0 aromatic heterocycles. The molecule has 1 aliphatic rings. The maximum absolute atomic E-state index is 6.68. The first kappa shape index (κ1) is 13.7. The van der Waals surface area contributed by atoms with Crippen molar-refractivity contribution >= 4 is 25.4 Å². The molecule has 0 spiro atoms. The number of rotatable bonds is 2. The maximum Gasteiger partial charge on any atom is 0.0552 e. The van der Waals surface area contributed by atoms with E-state index in [2.05, 4.69) is 68.5 Å². The number of fused-ring (bicyclic) bond motifs is 1. The average molecular weight is 298 g/mol. The Morgan fingerprint density at radius 2 is 1.65 bits per heavy atom. The van der Waals surface area contributed by atoms with Crippen molar-refractivity contribution in [2.45, 2.75) is 25.6 Å². The molecule has 101 valence electrons. The molecule has 1 radical (unpaired) electrons. The van der Waals surface area contributed by atoms with Crippen LogP contribution in [0.3, 0.4) is 0 Å². The summed E-state index contributed by atoms with van der Waals surface area (Å²) in [5.41, 5.74) is 7.09. The second-order valence-corrected chi connectivity index (χ2v) is 8.75. The molecule has 1 aliphatic carbocycles. The van der Waals surface area contributed by atoms with Crippen LogP contribution in [0.1, 0.15) is 23.6 Å². The summed E-state index contributed by atoms with van der Waals surface area (Å²) in [6.45, 7) is 6.93. The van der Waals surface area contributed by atoms with Crippen LogP contribution in [0.15, 0.2) is 54.1 Å². The SMILES string of the molecule is CC1=C(Cl)c2c(-c3ccccc3)cccc2C1[Si](C)C. The van der Waals surface area contributed by atoms with Gasteiger partial charge in [0, 0.05) is 10.6 Å². The third-order valence-electron chi connectivity index (χ3n) is 4.07. The van der Waals surface area contributed by atoms with Gasteiger partial charge in [-0.15, -0.1) is 0 Å². The lowest BCUT2D eigenvalue weighted by Gasteiger charge is -2.17. The van der Waals surface area contributed by atoms with Gasteiger partial charge in [0.05, 0.1) is 8.80 Å². The molecule has 0 amide bonds. The van der Waals surface area contributed by atoms with Crippen LogP contribution in [-0.2, 0) is 0 Å². The van der Waals surface area contributed by atoms with Crippen LogP contribution in [0.4, 0.5) is 0 Å². The summed E-state index contributed by atoms with van der Waals surface area (Å²) in [5, 5.41) is 0.968. The Morgan fingerprint density at radius 3 is 2.30 bits per heavy atom. The lowest BCUT2D eigenvalue weighted by Crippen LogP contribution is -2.15. The summed E-state index contributed by atoms with van der Waals surface area (Å²) in [6.07, 6.45) is 0. The fourth-order valence-corrected chi connectivity index (χ4v) is 5.50. The molecule has 0 saturated carbocycles. The van der Waals surface area contributed by atoms with Gasteiger partial charge in [0.25, 0.3) is 0 Å². The highest BCUT2D eigenvalue weighted by molar-refractivity contribution is 6.61. The molecule has 2 aromatic carbocycles. The van der Waals surface area contributed by atoms with Crippen molar-refractivity contribution in [2.75, 3.05) is 0 Å². The van der Waals surface area contributed by atoms with E-state index in [9.17, 15) is 0 Å². The lowest BCUT2D eigenvalue weighted by atomic mass is 9.97. The van der Waals surface area contributed by atoms with Crippen molar-refractivity contribution in [3.05, 3.63) is 65.2 Å². The summed E-state index contributed by atoms with van der Waals surface area (Å²) >= 11 is 6.68. The molecule has 0 N–H and O–H groups in total. The molecule has 0 aliphatic heterocycles. The monoisotopic (exact) mass is 297 g/mol. The quantitative estimate of drug-likeness (QED) is 0.622. The van der Waals surface area contributed by atoms with Crippen molar-refractivity contribution in [3.63, 3.8) is 0 Å². The summed E-state index contributed by atoms with van der Waals surface area (Å²) in [6, 6.07) is 17.1. The summed E-state index contributed by atoms with van der Waals surface area (Å²) < 4.78 is 0. The highest BCUT2D eigenvalue weighted by Gasteiger charge is 2.32. The van der Waals surface area contributed by atoms with Crippen LogP contribution in [0, 0.1) is 0 Å². The molecule has 3 rings (SSSR count). The van der Waals surface area contributed by atoms with Gasteiger partial charge in [0.1, 0.15) is 0 Å². The number of hydrogen-bond acceptors (Lipinski definition) is 0. The van der Waals surface area contributed by atoms with E-state index in [0.29, 0.717) is 5.54 Å². The summed E-state index contributed by atoms with van der Waals surface area (Å²) in [4.78, 5) is 0. The molecule has 0 nitrogen and oxygen atoms in total. The van der Waals surface area contributed by atoms with E-state index in [1.807, 2.05) is 0 Å². The second kappa shape index (κ2) is 5.23. The van der Waals surface area contributed by atoms with E-state index in [0.717, 1.165) is 5.03 Å². The maximum atomic E-state index is 6.68. The van der Waals surface area contributed by atoms with Gasteiger partial charge in [0.2, 0.25) is 0 Å². The first-order valence-corrected chi connectivity index (χ1v) is 9.92. The van der Waals surface area contributed by atoms with E-state index in [1.54, 1.807) is 0 Å². The van der Waals surface area contributed by atoms with Gasteiger partial charge >= 0.3 is 0 Å². The predicted octanol–water partition coefficient (Wildman–Crippen LogP) is 5.71. The molecule has 2 aromatic rings. The molecular weight excluding hydrogens is 280 g/mol. The van der Waals surface area contributed by atoms with E-state index in [4.69, 9.17) is 11.6 Å². The number of halogens is 1. The van der Waals surface area contributed by atoms with Crippen molar-refractivity contribution in [3.8, 4) is 11.1 Å². The fourth-order valence-electron chi connectivity index (χ4n) is 3.22. The molecule has 1 atom stereocenters. The lowest BCUT2D eigenvalue weighted by molar-refractivity contribution is 1.10. The predicted molar refractivity (Wildman–Crippen MR) is 90.5 cm³/mol. The van der Waals surface area contributed by atoms with Crippen molar-refractivity contribution < 1.29 is 0 Å². The third-order valence-corrected chi connectivity index (χ3v) is 6.45. The number of allylic oxidation sites excluding steroid dienone is 1. The van der Waals surface area contributed by atoms with E-state index >= 15 is 0 Å². The van der Waals surface area contributed by atoms with Gasteiger partial charge in [-0.2, -0.15) is 0 Å². The molecule has 0 saturated heterocycles. The van der Waals surface area contributed by atoms with Crippen LogP contribution < -0.4 is 0 Å². The van der Waals surface area contributed by atoms with Crippen molar-refractivity contribution in [1.29, 1.82) is 0 Å². The van der Waals surface area contributed by atoms with Gasteiger partial charge in [-0.3, -0.25) is 0 Å². The van der Waals surface area contributed by atoms with E-state index in [-0.39, 0.29) is 0 Å². The minimum atomic E-state index is -0.446. The van der Waals surface area contributed by atoms with Gasteiger partial charge in [-0.1, -0.05) is 73.2 Å². The average Bonchev–Trinajstić information content (AvgIpc) is 2.72. The molecule has 0 fully saturated rings. The van der Waals surface area contributed by atoms with Crippen LogP contribution in [0.25, 0.3) is 16.2 Å². The zero-order chi connectivity index (χ0) is 14.3. The highest BCUT2D eigenvalue weighted by atomic mass is 35.5. The second-order valence-electron chi connectivity index (χ2n) is 5.64. The first-order valence-electron chi connectivity index (χ1n) is 6.96. The molecule has 1 unspecified atom stereocenters. The third kappa shape index (κ3) is 2.06. The highest BCUT2D eigenvalue weighted by Crippen LogP contribution is 2.48. The number of benzene rings is 2. The first-order chi connectivity index (χ1) is 9.61. The van der Waals surface area contributed by atoms with Crippen LogP contribution in [0.5, 0.6) is 0 Å². The Hall–Kier alpha value is -1.31. The van der Waals surface area contributed by atoms with Gasteiger partial charge in [0.15, 0.2) is 0 Å². The number of hydrogen-bond donors (Lipinski definition) is 0. The summed E-state index contributed by atoms with van der Waals surface area (Å²) in [7, 11) is -0.446. The molecular formula is C18H18ClSi. The van der Waals surface area contributed by atoms with E-state index in [1.165, 1.54) is 27.8 Å². The fraction of sp³-hybridized carbons (Fsp3) is 0.222. The van der Waals surface area contributed by atoms with Crippen molar-refractivity contribution in [2.24, 2.45) is 0 Å². The smallest absolute Gasteiger partial charge is 0.0552 e. The topological polar surface area (TPSA) is 0 Å². The van der Waals surface area contributed by atoms with Crippen LogP contribution in [0.2, 0.25) is 13.1 Å². The van der Waals surface area contributed by atoms with Crippen LogP contribution >= 0.6 is 11.6 Å². The molecule has 20 heavy (non-hydrogen) atoms. The minimum absolute atomic E-state index is 0.446. The minimum Gasteiger partial charge on any atom is -0.0837 e.